The van der Waals surface area contributed by atoms with Crippen LogP contribution in [0.5, 0.6) is 0 Å². The van der Waals surface area contributed by atoms with Gasteiger partial charge in [-0.2, -0.15) is 0 Å². The van der Waals surface area contributed by atoms with Crippen LogP contribution in [0.25, 0.3) is 28.2 Å². The zero-order valence-electron chi connectivity index (χ0n) is 21.5. The second-order valence-corrected chi connectivity index (χ2v) is 10.5. The maximum absolute atomic E-state index is 14.1. The average molecular weight is 514 g/mol. The Labute approximate surface area is 225 Å². The van der Waals surface area contributed by atoms with Crippen molar-refractivity contribution >= 4 is 0 Å². The molecule has 192 valence electrons. The number of nitrogens with one attached hydrogen (secondary N) is 1. The van der Waals surface area contributed by atoms with Gasteiger partial charge in [0.25, 0.3) is 0 Å². The number of rotatable bonds is 5. The number of para-hydroxylation sites is 1. The molecular weight excluding hydrogens is 486 g/mol. The minimum Gasteiger partial charge on any atom is -0.246 e. The third kappa shape index (κ3) is 3.16. The number of benzene rings is 3. The fourth-order valence-electron chi connectivity index (χ4n) is 7.07. The maximum atomic E-state index is 14.1. The lowest BCUT2D eigenvalue weighted by molar-refractivity contribution is 0.269. The van der Waals surface area contributed by atoms with Crippen molar-refractivity contribution in [3.05, 3.63) is 135 Å². The van der Waals surface area contributed by atoms with Crippen LogP contribution in [0.1, 0.15) is 42.7 Å². The average Bonchev–Trinajstić information content (AvgIpc) is 3.60. The standard InChI is InChI=1S/C32H27N5O2/c1-20(2)32(37-31(39)36(30(38)35-37)23-16-10-5-11-17-23)24-18-19-25(32)27-26(24)28(21-12-6-3-7-13-21)33-34-29(27)22-14-8-4-9-15-22/h3-17,24-25H,1,18-19H2,2H3,(H,35,38). The number of aromatic nitrogens is 5. The van der Waals surface area contributed by atoms with Crippen molar-refractivity contribution in [2.24, 2.45) is 0 Å². The van der Waals surface area contributed by atoms with E-state index >= 15 is 0 Å². The first-order valence-corrected chi connectivity index (χ1v) is 13.2. The molecular formula is C32H27N5O2. The van der Waals surface area contributed by atoms with E-state index in [9.17, 15) is 9.59 Å². The molecule has 3 aromatic carbocycles. The van der Waals surface area contributed by atoms with Gasteiger partial charge in [-0.3, -0.25) is 0 Å². The van der Waals surface area contributed by atoms with E-state index < -0.39 is 16.9 Å². The molecule has 2 heterocycles. The van der Waals surface area contributed by atoms with Crippen LogP contribution in [-0.4, -0.2) is 24.5 Å². The van der Waals surface area contributed by atoms with Crippen LogP contribution < -0.4 is 11.4 Å². The molecule has 2 atom stereocenters. The van der Waals surface area contributed by atoms with Crippen molar-refractivity contribution < 1.29 is 0 Å². The molecule has 2 bridgehead atoms. The summed E-state index contributed by atoms with van der Waals surface area (Å²) < 4.78 is 2.76. The summed E-state index contributed by atoms with van der Waals surface area (Å²) >= 11 is 0. The van der Waals surface area contributed by atoms with Gasteiger partial charge >= 0.3 is 11.4 Å². The lowest BCUT2D eigenvalue weighted by atomic mass is 9.79. The van der Waals surface area contributed by atoms with E-state index in [1.807, 2.05) is 85.8 Å². The first-order valence-electron chi connectivity index (χ1n) is 13.2. The molecule has 1 fully saturated rings. The Morgan fingerprint density at radius 2 is 1.26 bits per heavy atom. The summed E-state index contributed by atoms with van der Waals surface area (Å²) in [5, 5.41) is 12.5. The van der Waals surface area contributed by atoms with Gasteiger partial charge in [0.2, 0.25) is 0 Å². The molecule has 7 rings (SSSR count). The normalized spacial score (nSPS) is 21.2. The second-order valence-electron chi connectivity index (χ2n) is 10.5. The second kappa shape index (κ2) is 8.63. The molecule has 7 heteroatoms. The van der Waals surface area contributed by atoms with Crippen LogP contribution in [0.4, 0.5) is 0 Å². The van der Waals surface area contributed by atoms with Crippen molar-refractivity contribution in [3.63, 3.8) is 0 Å². The highest BCUT2D eigenvalue weighted by atomic mass is 16.2. The van der Waals surface area contributed by atoms with E-state index in [-0.39, 0.29) is 11.8 Å². The molecule has 2 aliphatic carbocycles. The molecule has 5 aromatic rings. The van der Waals surface area contributed by atoms with E-state index in [1.165, 1.54) is 4.57 Å². The van der Waals surface area contributed by atoms with Gasteiger partial charge in [0, 0.05) is 23.0 Å². The van der Waals surface area contributed by atoms with E-state index in [4.69, 9.17) is 10.2 Å². The van der Waals surface area contributed by atoms with Gasteiger partial charge in [-0.05, 0) is 43.0 Å². The highest BCUT2D eigenvalue weighted by Crippen LogP contribution is 2.67. The summed E-state index contributed by atoms with van der Waals surface area (Å²) in [5.41, 5.74) is 5.42. The number of fused-ring (bicyclic) bond motifs is 5. The van der Waals surface area contributed by atoms with Gasteiger partial charge in [0.1, 0.15) is 5.54 Å². The predicted molar refractivity (Wildman–Crippen MR) is 151 cm³/mol. The first-order chi connectivity index (χ1) is 19.0. The first kappa shape index (κ1) is 23.3. The van der Waals surface area contributed by atoms with Gasteiger partial charge in [0.05, 0.1) is 17.1 Å². The zero-order valence-corrected chi connectivity index (χ0v) is 21.5. The number of allylic oxidation sites excluding steroid dienone is 1. The van der Waals surface area contributed by atoms with E-state index in [1.54, 1.807) is 16.8 Å². The Hall–Kier alpha value is -4.78. The molecule has 0 amide bonds. The van der Waals surface area contributed by atoms with Crippen LogP contribution in [0.3, 0.4) is 0 Å². The van der Waals surface area contributed by atoms with Gasteiger partial charge in [-0.25, -0.2) is 23.9 Å². The molecule has 2 unspecified atom stereocenters. The molecule has 0 radical (unpaired) electrons. The minimum atomic E-state index is -0.851. The largest absolute Gasteiger partial charge is 0.352 e. The number of aromatic amines is 1. The van der Waals surface area contributed by atoms with E-state index in [2.05, 4.69) is 11.7 Å². The smallest absolute Gasteiger partial charge is 0.246 e. The Morgan fingerprint density at radius 3 is 1.72 bits per heavy atom. The number of nitrogens with zero attached hydrogens (tertiary/aromatic N) is 4. The summed E-state index contributed by atoms with van der Waals surface area (Å²) in [6.07, 6.45) is 1.69. The molecule has 2 aromatic heterocycles. The van der Waals surface area contributed by atoms with Crippen LogP contribution in [0.2, 0.25) is 0 Å². The molecule has 0 saturated heterocycles. The topological polar surface area (TPSA) is 85.6 Å². The highest BCUT2D eigenvalue weighted by Gasteiger charge is 2.62. The summed E-state index contributed by atoms with van der Waals surface area (Å²) in [4.78, 5) is 27.4. The molecule has 39 heavy (non-hydrogen) atoms. The van der Waals surface area contributed by atoms with Crippen LogP contribution >= 0.6 is 0 Å². The lowest BCUT2D eigenvalue weighted by Crippen LogP contribution is -2.45. The Morgan fingerprint density at radius 1 is 0.795 bits per heavy atom. The number of hydrogen-bond acceptors (Lipinski definition) is 4. The van der Waals surface area contributed by atoms with Crippen molar-refractivity contribution in [2.45, 2.75) is 37.1 Å². The van der Waals surface area contributed by atoms with E-state index in [0.717, 1.165) is 52.1 Å². The quantitative estimate of drug-likeness (QED) is 0.319. The molecule has 0 aliphatic heterocycles. The third-order valence-corrected chi connectivity index (χ3v) is 8.51. The molecule has 2 aliphatic rings. The Bertz CT molecular complexity index is 1760. The SMILES string of the molecule is C=C(C)C1(n2[nH]c(=O)n(-c3ccccc3)c2=O)C2CCC1c1c(-c3ccccc3)nnc(-c3ccccc3)c12. The van der Waals surface area contributed by atoms with Crippen molar-refractivity contribution in [1.29, 1.82) is 0 Å². The molecule has 1 saturated carbocycles. The summed E-state index contributed by atoms with van der Waals surface area (Å²) in [6.45, 7) is 6.40. The third-order valence-electron chi connectivity index (χ3n) is 8.51. The predicted octanol–water partition coefficient (Wildman–Crippen LogP) is 5.40. The minimum absolute atomic E-state index is 0.108. The Balaban J connectivity index is 1.53. The summed E-state index contributed by atoms with van der Waals surface area (Å²) in [7, 11) is 0. The monoisotopic (exact) mass is 513 g/mol. The van der Waals surface area contributed by atoms with Gasteiger partial charge in [-0.1, -0.05) is 91.0 Å². The summed E-state index contributed by atoms with van der Waals surface area (Å²) in [5.74, 6) is -0.216. The summed E-state index contributed by atoms with van der Waals surface area (Å²) in [6, 6.07) is 29.1. The van der Waals surface area contributed by atoms with Crippen molar-refractivity contribution in [1.82, 2.24) is 24.5 Å². The number of H-pyrrole nitrogens is 1. The lowest BCUT2D eigenvalue weighted by Gasteiger charge is -2.35. The van der Waals surface area contributed by atoms with Crippen molar-refractivity contribution in [3.8, 4) is 28.2 Å². The highest BCUT2D eigenvalue weighted by molar-refractivity contribution is 5.76. The molecule has 1 N–H and O–H groups in total. The van der Waals surface area contributed by atoms with Gasteiger partial charge in [0.15, 0.2) is 0 Å². The number of hydrogen-bond donors (Lipinski definition) is 1. The molecule has 0 spiro atoms. The van der Waals surface area contributed by atoms with Gasteiger partial charge in [-0.15, -0.1) is 10.2 Å². The Kier molecular flexibility index (Phi) is 5.17. The molecule has 7 nitrogen and oxygen atoms in total. The van der Waals surface area contributed by atoms with Gasteiger partial charge < -0.3 is 0 Å². The van der Waals surface area contributed by atoms with Crippen LogP contribution in [0, 0.1) is 0 Å². The van der Waals surface area contributed by atoms with Crippen LogP contribution in [-0.2, 0) is 5.54 Å². The van der Waals surface area contributed by atoms with Crippen LogP contribution in [0.15, 0.2) is 113 Å². The maximum Gasteiger partial charge on any atom is 0.352 e. The fraction of sp³-hybridized carbons (Fsp3) is 0.188. The zero-order chi connectivity index (χ0) is 26.7. The van der Waals surface area contributed by atoms with Crippen molar-refractivity contribution in [2.75, 3.05) is 0 Å². The fourth-order valence-corrected chi connectivity index (χ4v) is 7.07. The van der Waals surface area contributed by atoms with E-state index in [0.29, 0.717) is 5.69 Å².